The number of carbonyl (C=O) groups excluding carboxylic acids is 1. The van der Waals surface area contributed by atoms with E-state index in [0.29, 0.717) is 0 Å². The average Bonchev–Trinajstić information content (AvgIpc) is 2.61. The third kappa shape index (κ3) is 2.78. The molecule has 0 bridgehead atoms. The van der Waals surface area contributed by atoms with E-state index in [1.807, 2.05) is 0 Å². The smallest absolute Gasteiger partial charge is 0.421 e. The maximum atomic E-state index is 12.3. The molecular weight excluding hydrogens is 266 g/mol. The molecule has 0 amide bonds. The van der Waals surface area contributed by atoms with Crippen LogP contribution in [0.3, 0.4) is 0 Å². The molecule has 0 aromatic heterocycles. The molecule has 1 rings (SSSR count). The predicted molar refractivity (Wildman–Crippen MR) is 48.4 cm³/mol. The summed E-state index contributed by atoms with van der Waals surface area (Å²) in [5.41, 5.74) is -3.49. The van der Waals surface area contributed by atoms with Crippen LogP contribution in [0.25, 0.3) is 0 Å². The van der Waals surface area contributed by atoms with Crippen LogP contribution >= 0.6 is 0 Å². The second kappa shape index (κ2) is 4.17. The van der Waals surface area contributed by atoms with E-state index in [0.717, 1.165) is 0 Å². The summed E-state index contributed by atoms with van der Waals surface area (Å²) in [6, 6.07) is 0. The molecule has 8 heteroatoms. The summed E-state index contributed by atoms with van der Waals surface area (Å²) in [6.07, 6.45) is -11.8. The van der Waals surface area contributed by atoms with Crippen LogP contribution < -0.4 is 0 Å². The topological polar surface area (TPSA) is 26.3 Å². The lowest BCUT2D eigenvalue weighted by atomic mass is 10.1. The van der Waals surface area contributed by atoms with Gasteiger partial charge < -0.3 is 4.74 Å². The molecule has 0 aromatic carbocycles. The minimum Gasteiger partial charge on any atom is -0.463 e. The Morgan fingerprint density at radius 1 is 1.11 bits per heavy atom. The fraction of sp³-hybridized carbons (Fsp3) is 0.700. The maximum Gasteiger partial charge on any atom is 0.421 e. The summed E-state index contributed by atoms with van der Waals surface area (Å²) in [6.45, 7) is 2.86. The van der Waals surface area contributed by atoms with Gasteiger partial charge in [0.15, 0.2) is 0 Å². The lowest BCUT2D eigenvalue weighted by Gasteiger charge is -2.14. The van der Waals surface area contributed by atoms with Gasteiger partial charge in [0.25, 0.3) is 6.47 Å². The molecule has 18 heavy (non-hydrogen) atoms. The molecule has 104 valence electrons. The van der Waals surface area contributed by atoms with E-state index < -0.39 is 35.4 Å². The Hall–Kier alpha value is -1.21. The van der Waals surface area contributed by atoms with Gasteiger partial charge in [-0.15, -0.1) is 0 Å². The van der Waals surface area contributed by atoms with Gasteiger partial charge in [-0.25, -0.2) is 0 Å². The third-order valence-corrected chi connectivity index (χ3v) is 2.97. The normalized spacial score (nSPS) is 26.4. The second-order valence-electron chi connectivity index (χ2n) is 4.58. The van der Waals surface area contributed by atoms with E-state index >= 15 is 0 Å². The molecule has 0 saturated heterocycles. The van der Waals surface area contributed by atoms with Crippen LogP contribution in [-0.4, -0.2) is 24.9 Å². The Bertz CT molecular complexity index is 350. The van der Waals surface area contributed by atoms with Crippen molar-refractivity contribution >= 4 is 6.47 Å². The molecule has 0 heterocycles. The molecule has 0 radical (unpaired) electrons. The van der Waals surface area contributed by atoms with Gasteiger partial charge in [0.05, 0.1) is 0 Å². The Balaban J connectivity index is 3.03. The van der Waals surface area contributed by atoms with Crippen molar-refractivity contribution in [3.63, 3.8) is 0 Å². The molecule has 1 aliphatic carbocycles. The number of rotatable bonds is 3. The number of halogens is 6. The monoisotopic (exact) mass is 276 g/mol. The van der Waals surface area contributed by atoms with Crippen molar-refractivity contribution in [2.45, 2.75) is 32.3 Å². The molecule has 0 aromatic rings. The fourth-order valence-corrected chi connectivity index (χ4v) is 1.78. The van der Waals surface area contributed by atoms with Crippen molar-refractivity contribution < 1.29 is 35.9 Å². The van der Waals surface area contributed by atoms with Crippen LogP contribution in [0.5, 0.6) is 0 Å². The number of alkyl halides is 6. The highest BCUT2D eigenvalue weighted by atomic mass is 19.4. The Morgan fingerprint density at radius 2 is 1.56 bits per heavy atom. The summed E-state index contributed by atoms with van der Waals surface area (Å²) in [5, 5.41) is 0. The first-order chi connectivity index (χ1) is 7.92. The van der Waals surface area contributed by atoms with Crippen LogP contribution in [0.2, 0.25) is 0 Å². The molecule has 2 nitrogen and oxygen atoms in total. The van der Waals surface area contributed by atoms with Crippen molar-refractivity contribution in [1.29, 1.82) is 0 Å². The molecule has 1 fully saturated rings. The zero-order valence-electron chi connectivity index (χ0n) is 9.39. The van der Waals surface area contributed by atoms with Gasteiger partial charge in [-0.2, -0.15) is 26.3 Å². The minimum atomic E-state index is -5.48. The summed E-state index contributed by atoms with van der Waals surface area (Å²) in [4.78, 5) is 10.1. The molecule has 1 saturated carbocycles. The van der Waals surface area contributed by atoms with Gasteiger partial charge in [0, 0.05) is 11.3 Å². The lowest BCUT2D eigenvalue weighted by Crippen LogP contribution is -2.26. The third-order valence-electron chi connectivity index (χ3n) is 2.97. The summed E-state index contributed by atoms with van der Waals surface area (Å²) < 4.78 is 78.1. The Kier molecular flexibility index (Phi) is 3.44. The van der Waals surface area contributed by atoms with E-state index in [9.17, 15) is 31.1 Å². The average molecular weight is 276 g/mol. The predicted octanol–water partition coefficient (Wildman–Crippen LogP) is 3.24. The molecule has 1 aliphatic rings. The highest BCUT2D eigenvalue weighted by Crippen LogP contribution is 2.56. The Morgan fingerprint density at radius 3 is 1.89 bits per heavy atom. The summed E-state index contributed by atoms with van der Waals surface area (Å²) in [5.74, 6) is -1.10. The van der Waals surface area contributed by atoms with E-state index in [2.05, 4.69) is 4.74 Å². The van der Waals surface area contributed by atoms with Gasteiger partial charge in [0.2, 0.25) is 0 Å². The highest BCUT2D eigenvalue weighted by molar-refractivity contribution is 5.40. The standard InChI is InChI=1S/C10H10F6O2/c1-8(2)5(7(8)18-4-17)3-6(9(11,12)13)10(14,15)16/h3-5,7H,1-2H3. The number of allylic oxidation sites excluding steroid dienone is 1. The zero-order valence-corrected chi connectivity index (χ0v) is 9.39. The van der Waals surface area contributed by atoms with Crippen LogP contribution in [-0.2, 0) is 9.53 Å². The molecular formula is C10H10F6O2. The zero-order chi connectivity index (χ0) is 14.4. The fourth-order valence-electron chi connectivity index (χ4n) is 1.78. The first kappa shape index (κ1) is 14.8. The summed E-state index contributed by atoms with van der Waals surface area (Å²) >= 11 is 0. The number of ether oxygens (including phenoxy) is 1. The van der Waals surface area contributed by atoms with Crippen molar-refractivity contribution in [3.8, 4) is 0 Å². The minimum absolute atomic E-state index is 0.0150. The lowest BCUT2D eigenvalue weighted by molar-refractivity contribution is -0.172. The molecule has 0 aliphatic heterocycles. The van der Waals surface area contributed by atoms with Gasteiger partial charge in [-0.1, -0.05) is 19.9 Å². The van der Waals surface area contributed by atoms with Gasteiger partial charge >= 0.3 is 12.4 Å². The van der Waals surface area contributed by atoms with Crippen molar-refractivity contribution in [2.24, 2.45) is 11.3 Å². The maximum absolute atomic E-state index is 12.3. The van der Waals surface area contributed by atoms with Crippen LogP contribution in [0.1, 0.15) is 13.8 Å². The van der Waals surface area contributed by atoms with Crippen molar-refractivity contribution in [1.82, 2.24) is 0 Å². The van der Waals surface area contributed by atoms with E-state index in [4.69, 9.17) is 0 Å². The number of hydrogen-bond acceptors (Lipinski definition) is 2. The van der Waals surface area contributed by atoms with E-state index in [1.165, 1.54) is 13.8 Å². The van der Waals surface area contributed by atoms with Gasteiger partial charge in [-0.3, -0.25) is 4.79 Å². The van der Waals surface area contributed by atoms with E-state index in [-0.39, 0.29) is 12.5 Å². The second-order valence-corrected chi connectivity index (χ2v) is 4.58. The highest BCUT2D eigenvalue weighted by Gasteiger charge is 2.62. The van der Waals surface area contributed by atoms with Gasteiger partial charge in [0.1, 0.15) is 11.7 Å². The number of carbonyl (C=O) groups is 1. The van der Waals surface area contributed by atoms with Crippen LogP contribution in [0.4, 0.5) is 26.3 Å². The van der Waals surface area contributed by atoms with Crippen molar-refractivity contribution in [2.75, 3.05) is 0 Å². The summed E-state index contributed by atoms with van der Waals surface area (Å²) in [7, 11) is 0. The largest absolute Gasteiger partial charge is 0.463 e. The van der Waals surface area contributed by atoms with E-state index in [1.54, 1.807) is 0 Å². The van der Waals surface area contributed by atoms with Crippen LogP contribution in [0, 0.1) is 11.3 Å². The molecule has 2 atom stereocenters. The quantitative estimate of drug-likeness (QED) is 0.449. The number of hydrogen-bond donors (Lipinski definition) is 0. The SMILES string of the molecule is CC1(C)C(C=C(C(F)(F)F)C(F)(F)F)C1OC=O. The Labute approximate surface area is 98.6 Å². The van der Waals surface area contributed by atoms with Crippen LogP contribution in [0.15, 0.2) is 11.6 Å². The first-order valence-electron chi connectivity index (χ1n) is 4.87. The molecule has 2 unspecified atom stereocenters. The first-order valence-corrected chi connectivity index (χ1v) is 4.87. The molecule has 0 N–H and O–H groups in total. The van der Waals surface area contributed by atoms with Gasteiger partial charge in [-0.05, 0) is 0 Å². The van der Waals surface area contributed by atoms with Crippen molar-refractivity contribution in [3.05, 3.63) is 11.6 Å². The molecule has 0 spiro atoms.